The number of thiophene rings is 1. The molecule has 3 rings (SSSR count). The number of fused-ring (bicyclic) bond motifs is 1. The molecule has 3 N–H and O–H groups in total. The van der Waals surface area contributed by atoms with E-state index in [9.17, 15) is 0 Å². The van der Waals surface area contributed by atoms with Gasteiger partial charge in [0.15, 0.2) is 0 Å². The van der Waals surface area contributed by atoms with Gasteiger partial charge in [-0.3, -0.25) is 0 Å². The lowest BCUT2D eigenvalue weighted by Gasteiger charge is -2.05. The van der Waals surface area contributed by atoms with Crippen molar-refractivity contribution in [2.75, 3.05) is 11.1 Å². The third-order valence-electron chi connectivity index (χ3n) is 2.82. The maximum atomic E-state index is 5.69. The molecule has 0 atom stereocenters. The van der Waals surface area contributed by atoms with Gasteiger partial charge >= 0.3 is 0 Å². The van der Waals surface area contributed by atoms with E-state index in [-0.39, 0.29) is 5.95 Å². The minimum atomic E-state index is 0.261. The summed E-state index contributed by atoms with van der Waals surface area (Å²) in [4.78, 5) is 13.6. The fourth-order valence-electron chi connectivity index (χ4n) is 1.78. The summed E-state index contributed by atoms with van der Waals surface area (Å²) >= 11 is 1.53. The van der Waals surface area contributed by atoms with Crippen molar-refractivity contribution in [3.63, 3.8) is 0 Å². The third-order valence-corrected chi connectivity index (χ3v) is 3.63. The first kappa shape index (κ1) is 11.9. The normalized spacial score (nSPS) is 11.1. The van der Waals surface area contributed by atoms with E-state index in [1.807, 2.05) is 25.3 Å². The fourth-order valence-corrected chi connectivity index (χ4v) is 2.55. The smallest absolute Gasteiger partial charge is 0.223 e. The number of hydrogen-bond donors (Lipinski definition) is 2. The number of nitrogens with one attached hydrogen (secondary N) is 1. The lowest BCUT2D eigenvalue weighted by atomic mass is 10.4. The minimum Gasteiger partial charge on any atom is -0.444 e. The molecule has 6 nitrogen and oxygen atoms in total. The van der Waals surface area contributed by atoms with Crippen molar-refractivity contribution in [2.24, 2.45) is 0 Å². The molecule has 0 amide bonds. The van der Waals surface area contributed by atoms with Crippen LogP contribution in [0.2, 0.25) is 0 Å². The molecular formula is C12H13N5OS. The Balaban J connectivity index is 1.87. The zero-order chi connectivity index (χ0) is 13.4. The van der Waals surface area contributed by atoms with Crippen molar-refractivity contribution in [3.8, 4) is 0 Å². The van der Waals surface area contributed by atoms with Crippen molar-refractivity contribution in [3.05, 3.63) is 28.8 Å². The summed E-state index contributed by atoms with van der Waals surface area (Å²) in [6, 6.07) is 1.97. The minimum absolute atomic E-state index is 0.261. The molecule has 3 aromatic heterocycles. The zero-order valence-corrected chi connectivity index (χ0v) is 11.4. The average molecular weight is 275 g/mol. The van der Waals surface area contributed by atoms with Crippen LogP contribution in [0.4, 0.5) is 11.8 Å². The Morgan fingerprint density at radius 1 is 1.32 bits per heavy atom. The molecule has 0 aliphatic rings. The second-order valence-corrected chi connectivity index (χ2v) is 5.07. The van der Waals surface area contributed by atoms with Crippen LogP contribution in [-0.4, -0.2) is 15.0 Å². The molecule has 98 valence electrons. The van der Waals surface area contributed by atoms with Crippen LogP contribution in [0.1, 0.15) is 17.3 Å². The number of aromatic nitrogens is 3. The number of nitrogens with two attached hydrogens (primary N) is 1. The van der Waals surface area contributed by atoms with Gasteiger partial charge in [-0.05, 0) is 25.3 Å². The van der Waals surface area contributed by atoms with Crippen LogP contribution in [0.15, 0.2) is 15.9 Å². The highest BCUT2D eigenvalue weighted by atomic mass is 32.1. The molecule has 0 bridgehead atoms. The van der Waals surface area contributed by atoms with Gasteiger partial charge in [-0.25, -0.2) is 9.97 Å². The molecule has 0 unspecified atom stereocenters. The van der Waals surface area contributed by atoms with Crippen molar-refractivity contribution < 1.29 is 4.42 Å². The van der Waals surface area contributed by atoms with Crippen molar-refractivity contribution in [1.29, 1.82) is 0 Å². The maximum Gasteiger partial charge on any atom is 0.223 e. The largest absolute Gasteiger partial charge is 0.444 e. The molecule has 0 saturated carbocycles. The standard InChI is InChI=1S/C12H13N5OS/c1-6-7(2)18-9(15-6)5-14-10-8-3-4-19-11(8)17-12(13)16-10/h3-4H,5H2,1-2H3,(H3,13,14,16,17). The Labute approximate surface area is 113 Å². The van der Waals surface area contributed by atoms with Gasteiger partial charge < -0.3 is 15.5 Å². The molecule has 0 spiro atoms. The van der Waals surface area contributed by atoms with Gasteiger partial charge in [0.05, 0.1) is 17.6 Å². The van der Waals surface area contributed by atoms with E-state index >= 15 is 0 Å². The molecule has 0 aliphatic carbocycles. The molecule has 0 fully saturated rings. The predicted octanol–water partition coefficient (Wildman–Crippen LogP) is 2.49. The first-order valence-corrected chi connectivity index (χ1v) is 6.69. The molecule has 19 heavy (non-hydrogen) atoms. The quantitative estimate of drug-likeness (QED) is 0.763. The van der Waals surface area contributed by atoms with Crippen LogP contribution >= 0.6 is 11.3 Å². The fraction of sp³-hybridized carbons (Fsp3) is 0.250. The topological polar surface area (TPSA) is 89.9 Å². The van der Waals surface area contributed by atoms with Crippen LogP contribution < -0.4 is 11.1 Å². The van der Waals surface area contributed by atoms with Crippen LogP contribution in [0.25, 0.3) is 10.2 Å². The van der Waals surface area contributed by atoms with Gasteiger partial charge in [0.1, 0.15) is 16.4 Å². The number of aryl methyl sites for hydroxylation is 2. The van der Waals surface area contributed by atoms with Crippen molar-refractivity contribution >= 4 is 33.3 Å². The highest BCUT2D eigenvalue weighted by Gasteiger charge is 2.09. The number of anilines is 2. The number of oxazole rings is 1. The summed E-state index contributed by atoms with van der Waals surface area (Å²) in [6.45, 7) is 4.28. The van der Waals surface area contributed by atoms with Gasteiger partial charge in [0.2, 0.25) is 11.8 Å². The summed E-state index contributed by atoms with van der Waals surface area (Å²) < 4.78 is 5.51. The molecule has 0 saturated heterocycles. The number of nitrogens with zero attached hydrogens (tertiary/aromatic N) is 3. The summed E-state index contributed by atoms with van der Waals surface area (Å²) in [5.74, 6) is 2.43. The maximum absolute atomic E-state index is 5.69. The Morgan fingerprint density at radius 3 is 2.89 bits per heavy atom. The monoisotopic (exact) mass is 275 g/mol. The second kappa shape index (κ2) is 4.51. The van der Waals surface area contributed by atoms with Crippen LogP contribution in [0, 0.1) is 13.8 Å². The molecule has 3 aromatic rings. The molecule has 3 heterocycles. The van der Waals surface area contributed by atoms with Crippen LogP contribution in [-0.2, 0) is 6.54 Å². The summed E-state index contributed by atoms with van der Waals surface area (Å²) in [6.07, 6.45) is 0. The van der Waals surface area contributed by atoms with E-state index in [2.05, 4.69) is 20.3 Å². The van der Waals surface area contributed by atoms with Gasteiger partial charge in [0.25, 0.3) is 0 Å². The van der Waals surface area contributed by atoms with E-state index in [1.54, 1.807) is 0 Å². The zero-order valence-electron chi connectivity index (χ0n) is 10.6. The van der Waals surface area contributed by atoms with Gasteiger partial charge in [-0.1, -0.05) is 0 Å². The third kappa shape index (κ3) is 2.24. The number of rotatable bonds is 3. The molecule has 0 radical (unpaired) electrons. The number of nitrogen functional groups attached to an aromatic ring is 1. The highest BCUT2D eigenvalue weighted by Crippen LogP contribution is 2.26. The van der Waals surface area contributed by atoms with Gasteiger partial charge in [0, 0.05) is 0 Å². The van der Waals surface area contributed by atoms with E-state index in [4.69, 9.17) is 10.2 Å². The Morgan fingerprint density at radius 2 is 2.16 bits per heavy atom. The lowest BCUT2D eigenvalue weighted by molar-refractivity contribution is 0.478. The first-order valence-electron chi connectivity index (χ1n) is 5.81. The predicted molar refractivity (Wildman–Crippen MR) is 75.1 cm³/mol. The lowest BCUT2D eigenvalue weighted by Crippen LogP contribution is -2.04. The molecular weight excluding hydrogens is 262 g/mol. The summed E-state index contributed by atoms with van der Waals surface area (Å²) in [7, 11) is 0. The van der Waals surface area contributed by atoms with Crippen molar-refractivity contribution in [2.45, 2.75) is 20.4 Å². The highest BCUT2D eigenvalue weighted by molar-refractivity contribution is 7.16. The summed E-state index contributed by atoms with van der Waals surface area (Å²) in [5.41, 5.74) is 6.59. The van der Waals surface area contributed by atoms with Gasteiger partial charge in [-0.2, -0.15) is 4.98 Å². The second-order valence-electron chi connectivity index (χ2n) is 4.17. The molecule has 0 aliphatic heterocycles. The molecule has 7 heteroatoms. The van der Waals surface area contributed by atoms with Crippen molar-refractivity contribution in [1.82, 2.24) is 15.0 Å². The van der Waals surface area contributed by atoms with Crippen LogP contribution in [0.5, 0.6) is 0 Å². The average Bonchev–Trinajstić information content (AvgIpc) is 2.94. The van der Waals surface area contributed by atoms with Gasteiger partial charge in [-0.15, -0.1) is 11.3 Å². The van der Waals surface area contributed by atoms with E-state index in [0.717, 1.165) is 21.7 Å². The SMILES string of the molecule is Cc1nc(CNc2nc(N)nc3sccc23)oc1C. The van der Waals surface area contributed by atoms with E-state index in [1.165, 1.54) is 11.3 Å². The van der Waals surface area contributed by atoms with E-state index in [0.29, 0.717) is 18.3 Å². The Kier molecular flexibility index (Phi) is 2.83. The first-order chi connectivity index (χ1) is 9.13. The number of hydrogen-bond acceptors (Lipinski definition) is 7. The van der Waals surface area contributed by atoms with Crippen LogP contribution in [0.3, 0.4) is 0 Å². The molecule has 0 aromatic carbocycles. The Hall–Kier alpha value is -2.15. The van der Waals surface area contributed by atoms with E-state index < -0.39 is 0 Å². The summed E-state index contributed by atoms with van der Waals surface area (Å²) in [5, 5.41) is 6.11. The Bertz CT molecular complexity index is 713.